The third kappa shape index (κ3) is 3.16. The number of nitrogens with two attached hydrogens (primary N) is 1. The average Bonchev–Trinajstić information content (AvgIpc) is 2.43. The van der Waals surface area contributed by atoms with Crippen LogP contribution in [0.25, 0.3) is 0 Å². The monoisotopic (exact) mass is 257 g/mol. The maximum Gasteiger partial charge on any atom is 0.250 e. The largest absolute Gasteiger partial charge is 0.397 e. The SMILES string of the molecule is CCN(CCn1ccccc1=O)c1ccccc1N. The van der Waals surface area contributed by atoms with Crippen molar-refractivity contribution in [2.45, 2.75) is 13.5 Å². The van der Waals surface area contributed by atoms with Crippen molar-refractivity contribution < 1.29 is 0 Å². The average molecular weight is 257 g/mol. The summed E-state index contributed by atoms with van der Waals surface area (Å²) in [6.45, 7) is 4.35. The number of likely N-dealkylation sites (N-methyl/N-ethyl adjacent to an activating group) is 1. The number of para-hydroxylation sites is 2. The van der Waals surface area contributed by atoms with Crippen LogP contribution in [0.1, 0.15) is 6.92 Å². The van der Waals surface area contributed by atoms with E-state index in [1.165, 1.54) is 0 Å². The Morgan fingerprint density at radius 1 is 1.16 bits per heavy atom. The predicted octanol–water partition coefficient (Wildman–Crippen LogP) is 1.96. The molecule has 0 aliphatic rings. The lowest BCUT2D eigenvalue weighted by atomic mass is 10.2. The van der Waals surface area contributed by atoms with Crippen LogP contribution < -0.4 is 16.2 Å². The lowest BCUT2D eigenvalue weighted by Gasteiger charge is -2.24. The molecule has 0 spiro atoms. The van der Waals surface area contributed by atoms with Gasteiger partial charge in [0.1, 0.15) is 0 Å². The molecule has 19 heavy (non-hydrogen) atoms. The van der Waals surface area contributed by atoms with E-state index in [2.05, 4.69) is 11.8 Å². The lowest BCUT2D eigenvalue weighted by molar-refractivity contribution is 0.645. The zero-order valence-corrected chi connectivity index (χ0v) is 11.1. The van der Waals surface area contributed by atoms with Crippen LogP contribution in [0.15, 0.2) is 53.5 Å². The maximum atomic E-state index is 11.6. The molecule has 2 rings (SSSR count). The molecule has 0 atom stereocenters. The van der Waals surface area contributed by atoms with E-state index in [9.17, 15) is 4.79 Å². The molecule has 1 aromatic carbocycles. The molecule has 4 heteroatoms. The van der Waals surface area contributed by atoms with Crippen molar-refractivity contribution in [3.05, 3.63) is 59.0 Å². The number of hydrogen-bond acceptors (Lipinski definition) is 3. The third-order valence-electron chi connectivity index (χ3n) is 3.17. The highest BCUT2D eigenvalue weighted by atomic mass is 16.1. The van der Waals surface area contributed by atoms with Gasteiger partial charge in [-0.1, -0.05) is 18.2 Å². The molecule has 100 valence electrons. The van der Waals surface area contributed by atoms with Gasteiger partial charge in [-0.2, -0.15) is 0 Å². The molecule has 1 aromatic heterocycles. The van der Waals surface area contributed by atoms with Crippen molar-refractivity contribution in [2.24, 2.45) is 0 Å². The molecule has 0 bridgehead atoms. The number of nitrogen functional groups attached to an aromatic ring is 1. The molecule has 0 radical (unpaired) electrons. The zero-order valence-electron chi connectivity index (χ0n) is 11.1. The summed E-state index contributed by atoms with van der Waals surface area (Å²) in [6, 6.07) is 13.0. The van der Waals surface area contributed by atoms with Gasteiger partial charge >= 0.3 is 0 Å². The number of rotatable bonds is 5. The van der Waals surface area contributed by atoms with Crippen LogP contribution >= 0.6 is 0 Å². The van der Waals surface area contributed by atoms with Gasteiger partial charge in [-0.3, -0.25) is 4.79 Å². The van der Waals surface area contributed by atoms with Crippen molar-refractivity contribution in [3.63, 3.8) is 0 Å². The minimum absolute atomic E-state index is 0.0274. The van der Waals surface area contributed by atoms with Gasteiger partial charge in [0.15, 0.2) is 0 Å². The van der Waals surface area contributed by atoms with Crippen molar-refractivity contribution in [1.29, 1.82) is 0 Å². The Bertz CT molecular complexity index is 592. The van der Waals surface area contributed by atoms with E-state index >= 15 is 0 Å². The van der Waals surface area contributed by atoms with Crippen molar-refractivity contribution in [3.8, 4) is 0 Å². The van der Waals surface area contributed by atoms with E-state index in [1.54, 1.807) is 16.7 Å². The lowest BCUT2D eigenvalue weighted by Crippen LogP contribution is -2.30. The first kappa shape index (κ1) is 13.2. The smallest absolute Gasteiger partial charge is 0.250 e. The van der Waals surface area contributed by atoms with Gasteiger partial charge in [0.2, 0.25) is 0 Å². The highest BCUT2D eigenvalue weighted by Gasteiger charge is 2.07. The standard InChI is InChI=1S/C15H19N3O/c1-2-17(14-8-4-3-7-13(14)16)11-12-18-10-6-5-9-15(18)19/h3-10H,2,11-12,16H2,1H3. The molecule has 2 N–H and O–H groups in total. The fourth-order valence-electron chi connectivity index (χ4n) is 2.10. The van der Waals surface area contributed by atoms with Gasteiger partial charge in [-0.05, 0) is 25.1 Å². The van der Waals surface area contributed by atoms with E-state index < -0.39 is 0 Å². The first-order valence-corrected chi connectivity index (χ1v) is 6.47. The fraction of sp³-hybridized carbons (Fsp3) is 0.267. The van der Waals surface area contributed by atoms with Crippen molar-refractivity contribution >= 4 is 11.4 Å². The molecule has 0 saturated carbocycles. The topological polar surface area (TPSA) is 51.3 Å². The molecular weight excluding hydrogens is 238 g/mol. The number of benzene rings is 1. The normalized spacial score (nSPS) is 10.4. The van der Waals surface area contributed by atoms with Crippen LogP contribution in [0.2, 0.25) is 0 Å². The molecule has 0 fully saturated rings. The number of aromatic nitrogens is 1. The summed E-state index contributed by atoms with van der Waals surface area (Å²) < 4.78 is 1.71. The Labute approximate surface area is 113 Å². The molecule has 2 aromatic rings. The second kappa shape index (κ2) is 6.09. The molecular formula is C15H19N3O. The molecule has 1 heterocycles. The second-order valence-corrected chi connectivity index (χ2v) is 4.37. The van der Waals surface area contributed by atoms with Gasteiger partial charge < -0.3 is 15.2 Å². The van der Waals surface area contributed by atoms with Crippen molar-refractivity contribution in [2.75, 3.05) is 23.7 Å². The highest BCUT2D eigenvalue weighted by Crippen LogP contribution is 2.21. The van der Waals surface area contributed by atoms with Crippen LogP contribution in [0.5, 0.6) is 0 Å². The predicted molar refractivity (Wildman–Crippen MR) is 79.4 cm³/mol. The second-order valence-electron chi connectivity index (χ2n) is 4.37. The molecule has 0 aliphatic heterocycles. The summed E-state index contributed by atoms with van der Waals surface area (Å²) in [6.07, 6.45) is 1.81. The van der Waals surface area contributed by atoms with E-state index in [0.717, 1.165) is 24.5 Å². The van der Waals surface area contributed by atoms with Gasteiger partial charge in [-0.25, -0.2) is 0 Å². The Balaban J connectivity index is 2.11. The summed E-state index contributed by atoms with van der Waals surface area (Å²) in [7, 11) is 0. The summed E-state index contributed by atoms with van der Waals surface area (Å²) >= 11 is 0. The van der Waals surface area contributed by atoms with Gasteiger partial charge in [0, 0.05) is 31.9 Å². The van der Waals surface area contributed by atoms with Gasteiger partial charge in [0.25, 0.3) is 5.56 Å². The fourth-order valence-corrected chi connectivity index (χ4v) is 2.10. The third-order valence-corrected chi connectivity index (χ3v) is 3.17. The summed E-state index contributed by atoms with van der Waals surface area (Å²) in [5.74, 6) is 0. The Hall–Kier alpha value is -2.23. The first-order chi connectivity index (χ1) is 9.22. The van der Waals surface area contributed by atoms with Crippen LogP contribution in [0.4, 0.5) is 11.4 Å². The molecule has 4 nitrogen and oxygen atoms in total. The van der Waals surface area contributed by atoms with Crippen LogP contribution in [-0.4, -0.2) is 17.7 Å². The number of anilines is 2. The van der Waals surface area contributed by atoms with E-state index in [4.69, 9.17) is 5.73 Å². The molecule has 0 saturated heterocycles. The van der Waals surface area contributed by atoms with E-state index in [1.807, 2.05) is 36.5 Å². The minimum atomic E-state index is 0.0274. The number of hydrogen-bond donors (Lipinski definition) is 1. The van der Waals surface area contributed by atoms with E-state index in [-0.39, 0.29) is 5.56 Å². The highest BCUT2D eigenvalue weighted by molar-refractivity contribution is 5.67. The molecule has 0 amide bonds. The minimum Gasteiger partial charge on any atom is -0.397 e. The summed E-state index contributed by atoms with van der Waals surface area (Å²) in [5.41, 5.74) is 7.80. The summed E-state index contributed by atoms with van der Waals surface area (Å²) in [5, 5.41) is 0. The van der Waals surface area contributed by atoms with Crippen LogP contribution in [-0.2, 0) is 6.54 Å². The summed E-state index contributed by atoms with van der Waals surface area (Å²) in [4.78, 5) is 13.8. The van der Waals surface area contributed by atoms with Crippen LogP contribution in [0.3, 0.4) is 0 Å². The number of pyridine rings is 1. The molecule has 0 aliphatic carbocycles. The number of nitrogens with zero attached hydrogens (tertiary/aromatic N) is 2. The van der Waals surface area contributed by atoms with Crippen molar-refractivity contribution in [1.82, 2.24) is 4.57 Å². The van der Waals surface area contributed by atoms with Gasteiger partial charge in [-0.15, -0.1) is 0 Å². The zero-order chi connectivity index (χ0) is 13.7. The first-order valence-electron chi connectivity index (χ1n) is 6.47. The maximum absolute atomic E-state index is 11.6. The van der Waals surface area contributed by atoms with Gasteiger partial charge in [0.05, 0.1) is 11.4 Å². The van der Waals surface area contributed by atoms with Crippen LogP contribution in [0, 0.1) is 0 Å². The Morgan fingerprint density at radius 3 is 2.58 bits per heavy atom. The Morgan fingerprint density at radius 2 is 1.89 bits per heavy atom. The molecule has 0 unspecified atom stereocenters. The van der Waals surface area contributed by atoms with E-state index in [0.29, 0.717) is 6.54 Å². The quantitative estimate of drug-likeness (QED) is 0.833. The Kier molecular flexibility index (Phi) is 4.23.